The van der Waals surface area contributed by atoms with Crippen LogP contribution in [0.1, 0.15) is 53.8 Å². The summed E-state index contributed by atoms with van der Waals surface area (Å²) in [6, 6.07) is 8.59. The van der Waals surface area contributed by atoms with Gasteiger partial charge >= 0.3 is 5.97 Å². The molecule has 8 heteroatoms. The maximum absolute atomic E-state index is 13.7. The van der Waals surface area contributed by atoms with Crippen molar-refractivity contribution in [3.05, 3.63) is 41.5 Å². The molecule has 0 spiro atoms. The van der Waals surface area contributed by atoms with Gasteiger partial charge in [0, 0.05) is 17.4 Å². The number of rotatable bonds is 9. The third kappa shape index (κ3) is 4.75. The fourth-order valence-corrected chi connectivity index (χ4v) is 4.82. The number of phenolic OH excluding ortho intramolecular Hbond substituents is 1. The van der Waals surface area contributed by atoms with Gasteiger partial charge < -0.3 is 28.8 Å². The Kier molecular flexibility index (Phi) is 7.76. The van der Waals surface area contributed by atoms with Gasteiger partial charge in [0.15, 0.2) is 28.8 Å². The van der Waals surface area contributed by atoms with E-state index >= 15 is 0 Å². The van der Waals surface area contributed by atoms with Crippen LogP contribution >= 0.6 is 0 Å². The van der Waals surface area contributed by atoms with Gasteiger partial charge in [0.1, 0.15) is 19.0 Å². The minimum Gasteiger partial charge on any atom is -0.507 e. The topological polar surface area (TPSA) is 101 Å². The number of ether oxygens (including phenoxy) is 5. The van der Waals surface area contributed by atoms with Crippen LogP contribution in [-0.2, 0) is 4.74 Å². The summed E-state index contributed by atoms with van der Waals surface area (Å²) in [4.78, 5) is 27.0. The molecule has 0 atom stereocenters. The van der Waals surface area contributed by atoms with E-state index in [1.54, 1.807) is 30.3 Å². The van der Waals surface area contributed by atoms with Gasteiger partial charge in [0.2, 0.25) is 0 Å². The molecule has 0 aromatic heterocycles. The number of methoxy groups -OCH3 is 3. The normalized spacial score (nSPS) is 12.5. The first-order valence-corrected chi connectivity index (χ1v) is 12.3. The number of fused-ring (bicyclic) bond motifs is 2. The Morgan fingerprint density at radius 2 is 1.51 bits per heavy atom. The molecule has 1 aliphatic heterocycles. The predicted molar refractivity (Wildman–Crippen MR) is 140 cm³/mol. The standard InChI is InChI=1S/C29H32O8/c1-6-16(7-2)12-20(30)26-27(29(32)35-5)25(17-8-9-21(33-3)22(13-17)34-4)18-14-23-24(37-11-10-36-23)15-19(18)28(26)31/h8-9,13-16,31H,6-7,10-12H2,1-5H3. The lowest BCUT2D eigenvalue weighted by Crippen LogP contribution is -2.17. The number of ketones is 1. The molecule has 1 heterocycles. The average Bonchev–Trinajstić information content (AvgIpc) is 2.93. The van der Waals surface area contributed by atoms with Crippen LogP contribution in [0.5, 0.6) is 28.7 Å². The number of hydrogen-bond acceptors (Lipinski definition) is 8. The zero-order chi connectivity index (χ0) is 26.7. The number of Topliss-reactive ketones (excluding diaryl/α,β-unsaturated/α-hetero) is 1. The summed E-state index contributed by atoms with van der Waals surface area (Å²) in [6.07, 6.45) is 1.78. The predicted octanol–water partition coefficient (Wildman–Crippen LogP) is 5.80. The van der Waals surface area contributed by atoms with Crippen molar-refractivity contribution in [3.63, 3.8) is 0 Å². The fourth-order valence-electron chi connectivity index (χ4n) is 4.82. The Labute approximate surface area is 216 Å². The number of carbonyl (C=O) groups is 2. The second-order valence-electron chi connectivity index (χ2n) is 8.89. The minimum atomic E-state index is -0.732. The molecule has 3 aromatic rings. The third-order valence-corrected chi connectivity index (χ3v) is 6.91. The second-order valence-corrected chi connectivity index (χ2v) is 8.89. The van der Waals surface area contributed by atoms with Gasteiger partial charge in [-0.25, -0.2) is 4.79 Å². The van der Waals surface area contributed by atoms with Crippen molar-refractivity contribution in [1.82, 2.24) is 0 Å². The molecule has 196 valence electrons. The van der Waals surface area contributed by atoms with Gasteiger partial charge in [0.05, 0.1) is 32.5 Å². The second kappa shape index (κ2) is 11.0. The van der Waals surface area contributed by atoms with Crippen molar-refractivity contribution in [2.45, 2.75) is 33.1 Å². The maximum atomic E-state index is 13.7. The molecule has 0 fully saturated rings. The van der Waals surface area contributed by atoms with E-state index in [1.807, 2.05) is 13.8 Å². The van der Waals surface area contributed by atoms with E-state index in [4.69, 9.17) is 23.7 Å². The highest BCUT2D eigenvalue weighted by molar-refractivity contribution is 6.20. The van der Waals surface area contributed by atoms with Crippen LogP contribution in [0.25, 0.3) is 21.9 Å². The summed E-state index contributed by atoms with van der Waals surface area (Å²) in [5.74, 6) is 0.649. The van der Waals surface area contributed by atoms with Gasteiger partial charge in [-0.1, -0.05) is 32.8 Å². The van der Waals surface area contributed by atoms with Crippen molar-refractivity contribution in [1.29, 1.82) is 0 Å². The van der Waals surface area contributed by atoms with E-state index < -0.39 is 5.97 Å². The number of aromatic hydroxyl groups is 1. The monoisotopic (exact) mass is 508 g/mol. The lowest BCUT2D eigenvalue weighted by Gasteiger charge is -2.23. The molecule has 0 unspecified atom stereocenters. The van der Waals surface area contributed by atoms with Crippen molar-refractivity contribution >= 4 is 22.5 Å². The van der Waals surface area contributed by atoms with E-state index in [9.17, 15) is 14.7 Å². The van der Waals surface area contributed by atoms with Gasteiger partial charge in [-0.2, -0.15) is 0 Å². The molecule has 1 aliphatic rings. The Morgan fingerprint density at radius 1 is 0.892 bits per heavy atom. The molecule has 0 saturated heterocycles. The molecular weight excluding hydrogens is 476 g/mol. The van der Waals surface area contributed by atoms with E-state index in [-0.39, 0.29) is 35.0 Å². The SMILES string of the molecule is CCC(CC)CC(=O)c1c(C(=O)OC)c(-c2ccc(OC)c(OC)c2)c2cc3c(cc2c1O)OCCO3. The summed E-state index contributed by atoms with van der Waals surface area (Å²) in [5, 5.41) is 12.4. The maximum Gasteiger partial charge on any atom is 0.339 e. The molecule has 1 N–H and O–H groups in total. The summed E-state index contributed by atoms with van der Waals surface area (Å²) < 4.78 is 27.6. The molecule has 37 heavy (non-hydrogen) atoms. The van der Waals surface area contributed by atoms with Crippen LogP contribution in [0.2, 0.25) is 0 Å². The molecule has 0 aliphatic carbocycles. The molecule has 0 radical (unpaired) electrons. The molecule has 8 nitrogen and oxygen atoms in total. The molecule has 0 saturated carbocycles. The Bertz CT molecular complexity index is 1340. The van der Waals surface area contributed by atoms with Crippen LogP contribution in [-0.4, -0.2) is 51.4 Å². The van der Waals surface area contributed by atoms with Gasteiger partial charge in [0.25, 0.3) is 0 Å². The van der Waals surface area contributed by atoms with Crippen LogP contribution in [0.3, 0.4) is 0 Å². The highest BCUT2D eigenvalue weighted by Crippen LogP contribution is 2.47. The molecular formula is C29H32O8. The first-order chi connectivity index (χ1) is 17.9. The molecule has 4 rings (SSSR count). The van der Waals surface area contributed by atoms with Crippen LogP contribution in [0.4, 0.5) is 0 Å². The number of esters is 1. The lowest BCUT2D eigenvalue weighted by atomic mass is 9.84. The quantitative estimate of drug-likeness (QED) is 0.286. The van der Waals surface area contributed by atoms with E-state index in [1.165, 1.54) is 21.3 Å². The highest BCUT2D eigenvalue weighted by atomic mass is 16.6. The summed E-state index contributed by atoms with van der Waals surface area (Å²) in [5.41, 5.74) is 0.932. The third-order valence-electron chi connectivity index (χ3n) is 6.91. The number of hydrogen-bond donors (Lipinski definition) is 1. The van der Waals surface area contributed by atoms with Gasteiger partial charge in [-0.05, 0) is 41.1 Å². The van der Waals surface area contributed by atoms with Crippen molar-refractivity contribution in [2.24, 2.45) is 5.92 Å². The summed E-state index contributed by atoms with van der Waals surface area (Å²) in [7, 11) is 4.30. The molecule has 3 aromatic carbocycles. The molecule has 0 amide bonds. The lowest BCUT2D eigenvalue weighted by molar-refractivity contribution is 0.0597. The number of carbonyl (C=O) groups excluding carboxylic acids is 2. The first kappa shape index (κ1) is 26.1. The summed E-state index contributed by atoms with van der Waals surface area (Å²) >= 11 is 0. The zero-order valence-electron chi connectivity index (χ0n) is 21.8. The summed E-state index contributed by atoms with van der Waals surface area (Å²) in [6.45, 7) is 4.76. The van der Waals surface area contributed by atoms with Crippen LogP contribution in [0.15, 0.2) is 30.3 Å². The fraction of sp³-hybridized carbons (Fsp3) is 0.379. The van der Waals surface area contributed by atoms with Crippen molar-refractivity contribution in [3.8, 4) is 39.9 Å². The highest BCUT2D eigenvalue weighted by Gasteiger charge is 2.32. The largest absolute Gasteiger partial charge is 0.507 e. The van der Waals surface area contributed by atoms with Crippen LogP contribution < -0.4 is 18.9 Å². The smallest absolute Gasteiger partial charge is 0.339 e. The van der Waals surface area contributed by atoms with Gasteiger partial charge in [-0.15, -0.1) is 0 Å². The average molecular weight is 509 g/mol. The number of benzene rings is 3. The van der Waals surface area contributed by atoms with Crippen molar-refractivity contribution in [2.75, 3.05) is 34.5 Å². The molecule has 0 bridgehead atoms. The van der Waals surface area contributed by atoms with Crippen molar-refractivity contribution < 1.29 is 38.4 Å². The van der Waals surface area contributed by atoms with Crippen LogP contribution in [0, 0.1) is 5.92 Å². The first-order valence-electron chi connectivity index (χ1n) is 12.3. The van der Waals surface area contributed by atoms with E-state index in [2.05, 4.69) is 0 Å². The van der Waals surface area contributed by atoms with E-state index in [0.717, 1.165) is 12.8 Å². The Balaban J connectivity index is 2.13. The number of phenols is 1. The minimum absolute atomic E-state index is 0.00708. The van der Waals surface area contributed by atoms with Gasteiger partial charge in [-0.3, -0.25) is 4.79 Å². The Morgan fingerprint density at radius 3 is 2.08 bits per heavy atom. The Hall–Kier alpha value is -3.94. The zero-order valence-corrected chi connectivity index (χ0v) is 21.8. The van der Waals surface area contributed by atoms with E-state index in [0.29, 0.717) is 58.1 Å².